The summed E-state index contributed by atoms with van der Waals surface area (Å²) in [6, 6.07) is 4.77. The number of rotatable bonds is 3. The molecule has 0 spiro atoms. The minimum absolute atomic E-state index is 0.105. The maximum atomic E-state index is 11.5. The van der Waals surface area contributed by atoms with E-state index in [-0.39, 0.29) is 11.3 Å². The molecule has 0 N–H and O–H groups in total. The summed E-state index contributed by atoms with van der Waals surface area (Å²) in [5.41, 5.74) is 1.01. The van der Waals surface area contributed by atoms with Gasteiger partial charge in [0, 0.05) is 7.05 Å². The molecule has 0 saturated heterocycles. The minimum Gasteiger partial charge on any atom is -0.343 e. The highest BCUT2D eigenvalue weighted by Crippen LogP contribution is 2.26. The first-order valence-electron chi connectivity index (χ1n) is 4.65. The average molecular weight is 278 g/mol. The van der Waals surface area contributed by atoms with Crippen LogP contribution in [0.1, 0.15) is 15.9 Å². The van der Waals surface area contributed by atoms with Gasteiger partial charge in [-0.2, -0.15) is 0 Å². The van der Waals surface area contributed by atoms with E-state index in [9.17, 15) is 13.2 Å². The Morgan fingerprint density at radius 3 is 2.47 bits per heavy atom. The molecule has 0 unspecified atom stereocenters. The van der Waals surface area contributed by atoms with Gasteiger partial charge >= 0.3 is 5.97 Å². The number of sulfonamides is 1. The number of hydrogen-bond acceptors (Lipinski definition) is 4. The van der Waals surface area contributed by atoms with Crippen molar-refractivity contribution in [3.63, 3.8) is 0 Å². The Labute approximate surface area is 105 Å². The number of nitrogens with zero attached hydrogens (tertiary/aromatic N) is 1. The van der Waals surface area contributed by atoms with Crippen molar-refractivity contribution < 1.29 is 17.5 Å². The van der Waals surface area contributed by atoms with Gasteiger partial charge in [0.15, 0.2) is 0 Å². The molecule has 7 heteroatoms. The molecule has 0 fully saturated rings. The van der Waals surface area contributed by atoms with Gasteiger partial charge in [-0.05, 0) is 18.6 Å². The molecule has 94 valence electrons. The Hall–Kier alpha value is -1.27. The van der Waals surface area contributed by atoms with Crippen LogP contribution >= 0.6 is 11.9 Å². The number of halogens is 1. The van der Waals surface area contributed by atoms with Crippen LogP contribution in [0.25, 0.3) is 0 Å². The van der Waals surface area contributed by atoms with Crippen molar-refractivity contribution in [1.29, 1.82) is 0 Å². The molecule has 1 rings (SSSR count). The number of hydrogen-bond donors (Lipinski definition) is 0. The van der Waals surface area contributed by atoms with Gasteiger partial charge in [-0.15, -0.1) is 0 Å². The summed E-state index contributed by atoms with van der Waals surface area (Å²) in [7, 11) is -2.10. The van der Waals surface area contributed by atoms with Gasteiger partial charge in [0.1, 0.15) is 11.9 Å². The Kier molecular flexibility index (Phi) is 4.00. The molecule has 0 aliphatic rings. The van der Waals surface area contributed by atoms with E-state index in [0.29, 0.717) is 5.56 Å². The van der Waals surface area contributed by atoms with E-state index in [0.717, 1.165) is 10.6 Å². The zero-order valence-electron chi connectivity index (χ0n) is 9.60. The highest BCUT2D eigenvalue weighted by Gasteiger charge is 2.22. The zero-order valence-corrected chi connectivity index (χ0v) is 11.2. The van der Waals surface area contributed by atoms with Gasteiger partial charge < -0.3 is 4.29 Å². The number of anilines is 1. The smallest absolute Gasteiger partial charge is 0.343 e. The molecule has 1 aromatic carbocycles. The first-order valence-corrected chi connectivity index (χ1v) is 6.81. The van der Waals surface area contributed by atoms with E-state index in [2.05, 4.69) is 4.29 Å². The molecule has 0 aliphatic carbocycles. The fourth-order valence-corrected chi connectivity index (χ4v) is 2.11. The summed E-state index contributed by atoms with van der Waals surface area (Å²) < 4.78 is 28.1. The van der Waals surface area contributed by atoms with E-state index >= 15 is 0 Å². The van der Waals surface area contributed by atoms with Crippen LogP contribution in [0.3, 0.4) is 0 Å². The molecular formula is C10H12ClNO4S. The number of para-hydroxylation sites is 1. The monoisotopic (exact) mass is 277 g/mol. The Morgan fingerprint density at radius 1 is 1.41 bits per heavy atom. The molecule has 0 heterocycles. The van der Waals surface area contributed by atoms with Crippen LogP contribution in [-0.4, -0.2) is 27.7 Å². The van der Waals surface area contributed by atoms with E-state index in [4.69, 9.17) is 11.9 Å². The standard InChI is InChI=1S/C10H12ClNO4S/c1-7-5-4-6-8(10(13)16-11)9(7)12(2)17(3,14)15/h4-6H,1-3H3. The Bertz CT molecular complexity index is 541. The van der Waals surface area contributed by atoms with Gasteiger partial charge in [0.25, 0.3) is 0 Å². The first kappa shape index (κ1) is 13.8. The average Bonchev–Trinajstić information content (AvgIpc) is 2.25. The second-order valence-electron chi connectivity index (χ2n) is 3.57. The number of aryl methyl sites for hydroxylation is 1. The fourth-order valence-electron chi connectivity index (χ4n) is 1.45. The molecule has 0 saturated carbocycles. The molecule has 1 aromatic rings. The van der Waals surface area contributed by atoms with E-state index < -0.39 is 16.0 Å². The topological polar surface area (TPSA) is 63.7 Å². The van der Waals surface area contributed by atoms with Crippen LogP contribution in [0.5, 0.6) is 0 Å². The second kappa shape index (κ2) is 4.93. The lowest BCUT2D eigenvalue weighted by molar-refractivity contribution is 0.0752. The van der Waals surface area contributed by atoms with Crippen molar-refractivity contribution in [2.45, 2.75) is 6.92 Å². The lowest BCUT2D eigenvalue weighted by Gasteiger charge is -2.21. The number of benzene rings is 1. The van der Waals surface area contributed by atoms with Crippen LogP contribution in [0.4, 0.5) is 5.69 Å². The molecule has 0 aromatic heterocycles. The van der Waals surface area contributed by atoms with Gasteiger partial charge in [-0.1, -0.05) is 12.1 Å². The van der Waals surface area contributed by atoms with Crippen LogP contribution in [0.15, 0.2) is 18.2 Å². The lowest BCUT2D eigenvalue weighted by Crippen LogP contribution is -2.27. The zero-order chi connectivity index (χ0) is 13.2. The van der Waals surface area contributed by atoms with Crippen LogP contribution in [0.2, 0.25) is 0 Å². The second-order valence-corrected chi connectivity index (χ2v) is 5.73. The van der Waals surface area contributed by atoms with Crippen LogP contribution in [-0.2, 0) is 14.3 Å². The van der Waals surface area contributed by atoms with Crippen LogP contribution in [0, 0.1) is 6.92 Å². The summed E-state index contributed by atoms with van der Waals surface area (Å²) in [6.45, 7) is 1.70. The number of carbonyl (C=O) groups is 1. The lowest BCUT2D eigenvalue weighted by atomic mass is 10.1. The van der Waals surface area contributed by atoms with Crippen molar-refractivity contribution in [1.82, 2.24) is 0 Å². The Morgan fingerprint density at radius 2 is 2.00 bits per heavy atom. The summed E-state index contributed by atoms with van der Waals surface area (Å²) in [6.07, 6.45) is 1.05. The molecule has 0 radical (unpaired) electrons. The van der Waals surface area contributed by atoms with Crippen molar-refractivity contribution in [2.75, 3.05) is 17.6 Å². The molecule has 17 heavy (non-hydrogen) atoms. The third-order valence-electron chi connectivity index (χ3n) is 2.34. The van der Waals surface area contributed by atoms with E-state index in [1.54, 1.807) is 19.1 Å². The van der Waals surface area contributed by atoms with E-state index in [1.807, 2.05) is 0 Å². The first-order chi connectivity index (χ1) is 7.79. The molecule has 0 atom stereocenters. The van der Waals surface area contributed by atoms with Gasteiger partial charge in [0.05, 0.1) is 17.5 Å². The Balaban J connectivity index is 3.46. The SMILES string of the molecule is Cc1cccc(C(=O)OCl)c1N(C)S(C)(=O)=O. The quantitative estimate of drug-likeness (QED) is 0.844. The summed E-state index contributed by atoms with van der Waals surface area (Å²) >= 11 is 5.01. The molecule has 5 nitrogen and oxygen atoms in total. The van der Waals surface area contributed by atoms with Gasteiger partial charge in [-0.3, -0.25) is 4.31 Å². The maximum Gasteiger partial charge on any atom is 0.358 e. The van der Waals surface area contributed by atoms with Crippen molar-refractivity contribution in [2.24, 2.45) is 0 Å². The van der Waals surface area contributed by atoms with Crippen LogP contribution < -0.4 is 4.31 Å². The normalized spacial score (nSPS) is 11.1. The molecule has 0 bridgehead atoms. The third kappa shape index (κ3) is 2.89. The molecule has 0 amide bonds. The van der Waals surface area contributed by atoms with Gasteiger partial charge in [0.2, 0.25) is 10.0 Å². The summed E-state index contributed by atoms with van der Waals surface area (Å²) in [5.74, 6) is -0.791. The maximum absolute atomic E-state index is 11.5. The van der Waals surface area contributed by atoms with Crippen molar-refractivity contribution in [3.8, 4) is 0 Å². The highest BCUT2D eigenvalue weighted by molar-refractivity contribution is 7.92. The van der Waals surface area contributed by atoms with Gasteiger partial charge in [-0.25, -0.2) is 13.2 Å². The predicted molar refractivity (Wildman–Crippen MR) is 65.7 cm³/mol. The minimum atomic E-state index is -3.46. The third-order valence-corrected chi connectivity index (χ3v) is 3.66. The van der Waals surface area contributed by atoms with Crippen molar-refractivity contribution >= 4 is 33.5 Å². The molecular weight excluding hydrogens is 266 g/mol. The largest absolute Gasteiger partial charge is 0.358 e. The fraction of sp³-hybridized carbons (Fsp3) is 0.300. The summed E-state index contributed by atoms with van der Waals surface area (Å²) in [4.78, 5) is 11.4. The predicted octanol–water partition coefficient (Wildman–Crippen LogP) is 1.70. The molecule has 0 aliphatic heterocycles. The van der Waals surface area contributed by atoms with Crippen molar-refractivity contribution in [3.05, 3.63) is 29.3 Å². The van der Waals surface area contributed by atoms with E-state index in [1.165, 1.54) is 13.1 Å². The number of carbonyl (C=O) groups excluding carboxylic acids is 1. The summed E-state index contributed by atoms with van der Waals surface area (Å²) in [5, 5.41) is 0. The highest BCUT2D eigenvalue weighted by atomic mass is 35.5.